The van der Waals surface area contributed by atoms with Crippen LogP contribution in [0.1, 0.15) is 83.0 Å². The minimum atomic E-state index is -1.51. The molecule has 7 rings (SSSR count). The number of thiazole rings is 1. The van der Waals surface area contributed by atoms with Gasteiger partial charge in [-0.1, -0.05) is 38.8 Å². The molecule has 2 aromatic carbocycles. The summed E-state index contributed by atoms with van der Waals surface area (Å²) in [7, 11) is 5.36. The van der Waals surface area contributed by atoms with Crippen LogP contribution in [-0.2, 0) is 19.1 Å². The number of aromatic nitrogens is 2. The number of anilines is 2. The lowest BCUT2D eigenvalue weighted by Gasteiger charge is -2.30. The molecule has 1 saturated carbocycles. The van der Waals surface area contributed by atoms with Crippen LogP contribution in [0.25, 0.3) is 22.3 Å². The molecule has 2 aromatic heterocycles. The van der Waals surface area contributed by atoms with Crippen molar-refractivity contribution in [3.05, 3.63) is 71.6 Å². The summed E-state index contributed by atoms with van der Waals surface area (Å²) < 4.78 is 18.1. The van der Waals surface area contributed by atoms with E-state index < -0.39 is 65.5 Å². The van der Waals surface area contributed by atoms with Crippen molar-refractivity contribution in [2.75, 3.05) is 38.0 Å². The zero-order valence-electron chi connectivity index (χ0n) is 38.0. The molecule has 4 aromatic rings. The van der Waals surface area contributed by atoms with Crippen LogP contribution in [0.4, 0.5) is 15.6 Å². The highest BCUT2D eigenvalue weighted by Gasteiger charge is 2.61. The molecule has 2 fully saturated rings. The van der Waals surface area contributed by atoms with Crippen LogP contribution in [-0.4, -0.2) is 113 Å². The second-order valence-corrected chi connectivity index (χ2v) is 18.8. The number of hydrogen-bond acceptors (Lipinski definition) is 13. The number of allylic oxidation sites excluding steroid dienone is 1. The van der Waals surface area contributed by atoms with Gasteiger partial charge in [-0.05, 0) is 81.8 Å². The van der Waals surface area contributed by atoms with Crippen LogP contribution >= 0.6 is 11.3 Å². The Morgan fingerprint density at radius 3 is 2.46 bits per heavy atom. The number of Topliss-reactive ketones (excluding diaryl/α,β-unsaturated/α-hetero) is 1. The Balaban J connectivity index is 1.19. The van der Waals surface area contributed by atoms with Gasteiger partial charge < -0.3 is 45.1 Å². The fraction of sp³-hybridized carbons (Fsp3) is 0.479. The van der Waals surface area contributed by atoms with Crippen LogP contribution in [0, 0.1) is 11.8 Å². The van der Waals surface area contributed by atoms with Gasteiger partial charge >= 0.3 is 12.1 Å². The van der Waals surface area contributed by atoms with E-state index in [0.29, 0.717) is 52.2 Å². The number of methoxy groups -OCH3 is 1. The molecule has 1 aliphatic carbocycles. The lowest BCUT2D eigenvalue weighted by atomic mass is 9.97. The zero-order chi connectivity index (χ0) is 46.6. The number of pyridine rings is 1. The van der Waals surface area contributed by atoms with Gasteiger partial charge in [0.15, 0.2) is 11.2 Å². The Kier molecular flexibility index (Phi) is 14.3. The summed E-state index contributed by atoms with van der Waals surface area (Å²) in [4.78, 5) is 82.5. The maximum absolute atomic E-state index is 14.9. The second kappa shape index (κ2) is 19.9. The summed E-state index contributed by atoms with van der Waals surface area (Å²) in [5.41, 5.74) is 1.51. The standard InChI is InChI=1S/C48H59N7O9S/c1-27(2)42(41(56)29-15-17-31(18-16-29)54(5)6)64-47(61)52-35-14-12-10-8-9-11-13-30-24-48(30,45(59)60)53-43(57)39-22-33(25-55(39)44(35)58)63-40-23-37(38-26-65-46(51-38)49-28(3)4)50-36-21-32(62-7)19-20-34(36)40/h11,13,15-21,23,26-28,30,33,35,39,42H,8-10,12,14,22,24-25H2,1-7H3,(H,49,51)(H,52,61)(H,53,57)(H,59,60)/t30?,33-,35+,39+,42+,48-/m1/s1. The maximum Gasteiger partial charge on any atom is 0.408 e. The van der Waals surface area contributed by atoms with Crippen LogP contribution in [0.2, 0.25) is 0 Å². The zero-order valence-corrected chi connectivity index (χ0v) is 38.8. The topological polar surface area (TPSA) is 202 Å². The molecular weight excluding hydrogens is 851 g/mol. The quantitative estimate of drug-likeness (QED) is 0.0784. The molecule has 6 atom stereocenters. The van der Waals surface area contributed by atoms with E-state index in [1.54, 1.807) is 51.3 Å². The molecule has 17 heteroatoms. The van der Waals surface area contributed by atoms with Crippen LogP contribution in [0.15, 0.2) is 66.1 Å². The number of benzene rings is 2. The van der Waals surface area contributed by atoms with Gasteiger partial charge in [0.25, 0.3) is 0 Å². The van der Waals surface area contributed by atoms with E-state index in [4.69, 9.17) is 24.2 Å². The molecule has 4 N–H and O–H groups in total. The van der Waals surface area contributed by atoms with Gasteiger partial charge in [0, 0.05) is 66.6 Å². The van der Waals surface area contributed by atoms with Gasteiger partial charge in [-0.2, -0.15) is 0 Å². The van der Waals surface area contributed by atoms with Crippen LogP contribution < -0.4 is 30.3 Å². The second-order valence-electron chi connectivity index (χ2n) is 17.9. The van der Waals surface area contributed by atoms with Crippen molar-refractivity contribution < 1.29 is 43.3 Å². The predicted molar refractivity (Wildman–Crippen MR) is 249 cm³/mol. The number of nitrogens with one attached hydrogen (secondary N) is 3. The molecule has 16 nitrogen and oxygen atoms in total. The molecule has 0 bridgehead atoms. The first kappa shape index (κ1) is 46.8. The third-order valence-corrected chi connectivity index (χ3v) is 12.9. The average Bonchev–Trinajstić information content (AvgIpc) is 3.53. The number of carboxylic acid groups (broad SMARTS) is 1. The highest BCUT2D eigenvalue weighted by molar-refractivity contribution is 7.14. The minimum Gasteiger partial charge on any atom is -0.497 e. The molecular formula is C48H59N7O9S. The van der Waals surface area contributed by atoms with Crippen molar-refractivity contribution in [3.8, 4) is 22.9 Å². The number of rotatable bonds is 13. The first-order chi connectivity index (χ1) is 31.1. The van der Waals surface area contributed by atoms with Crippen LogP contribution in [0.3, 0.4) is 0 Å². The number of ketones is 1. The number of hydrogen-bond donors (Lipinski definition) is 4. The normalized spacial score (nSPS) is 22.8. The monoisotopic (exact) mass is 909 g/mol. The van der Waals surface area contributed by atoms with E-state index in [0.717, 1.165) is 23.7 Å². The maximum atomic E-state index is 14.9. The van der Waals surface area contributed by atoms with E-state index in [1.165, 1.54) is 16.2 Å². The molecule has 1 saturated heterocycles. The van der Waals surface area contributed by atoms with Crippen molar-refractivity contribution >= 4 is 62.7 Å². The predicted octanol–water partition coefficient (Wildman–Crippen LogP) is 7.08. The fourth-order valence-corrected chi connectivity index (χ4v) is 9.29. The minimum absolute atomic E-state index is 0.0238. The Morgan fingerprint density at radius 1 is 1.00 bits per heavy atom. The van der Waals surface area contributed by atoms with Crippen molar-refractivity contribution in [3.63, 3.8) is 0 Å². The number of nitrogens with zero attached hydrogens (tertiary/aromatic N) is 4. The van der Waals surface area contributed by atoms with Crippen molar-refractivity contribution in [2.24, 2.45) is 11.8 Å². The molecule has 346 valence electrons. The molecule has 4 heterocycles. The molecule has 65 heavy (non-hydrogen) atoms. The summed E-state index contributed by atoms with van der Waals surface area (Å²) >= 11 is 1.45. The third-order valence-electron chi connectivity index (χ3n) is 12.1. The van der Waals surface area contributed by atoms with E-state index in [-0.39, 0.29) is 37.6 Å². The lowest BCUT2D eigenvalue weighted by Crippen LogP contribution is -2.56. The number of carbonyl (C=O) groups is 5. The molecule has 3 aliphatic rings. The Morgan fingerprint density at radius 2 is 1.77 bits per heavy atom. The lowest BCUT2D eigenvalue weighted by molar-refractivity contribution is -0.145. The molecule has 1 unspecified atom stereocenters. The van der Waals surface area contributed by atoms with Gasteiger partial charge in [0.2, 0.25) is 17.6 Å². The largest absolute Gasteiger partial charge is 0.497 e. The van der Waals surface area contributed by atoms with E-state index >= 15 is 0 Å². The summed E-state index contributed by atoms with van der Waals surface area (Å²) in [6.07, 6.45) is 4.17. The van der Waals surface area contributed by atoms with Gasteiger partial charge in [-0.3, -0.25) is 14.4 Å². The van der Waals surface area contributed by atoms with Gasteiger partial charge in [0.05, 0.1) is 24.9 Å². The highest BCUT2D eigenvalue weighted by Crippen LogP contribution is 2.45. The molecule has 0 spiro atoms. The smallest absolute Gasteiger partial charge is 0.408 e. The number of amides is 3. The summed E-state index contributed by atoms with van der Waals surface area (Å²) in [6.45, 7) is 7.55. The van der Waals surface area contributed by atoms with Crippen LogP contribution in [0.5, 0.6) is 11.5 Å². The van der Waals surface area contributed by atoms with Crippen molar-refractivity contribution in [1.82, 2.24) is 25.5 Å². The van der Waals surface area contributed by atoms with E-state index in [1.807, 2.05) is 68.6 Å². The number of ether oxygens (including phenoxy) is 3. The number of fused-ring (bicyclic) bond motifs is 3. The highest BCUT2D eigenvalue weighted by atomic mass is 32.1. The summed E-state index contributed by atoms with van der Waals surface area (Å²) in [5, 5.41) is 22.6. The first-order valence-electron chi connectivity index (χ1n) is 22.3. The molecule has 2 aliphatic heterocycles. The SMILES string of the molecule is COc1ccc2c(O[C@@H]3C[C@H]4C(=O)N[C@]5(C(=O)O)CC5C=CCCCCC[C@H](NC(=O)O[C@H](C(=O)c5ccc(N(C)C)cc5)C(C)C)C(=O)N4C3)cc(-c3csc(NC(C)C)n3)nc2c1. The average molecular weight is 910 g/mol. The number of carbonyl (C=O) groups excluding carboxylic acids is 4. The number of alkyl carbamates (subject to hydrolysis) is 1. The Hall–Kier alpha value is -6.23. The molecule has 0 radical (unpaired) electrons. The van der Waals surface area contributed by atoms with Gasteiger partial charge in [-0.15, -0.1) is 11.3 Å². The van der Waals surface area contributed by atoms with Crippen molar-refractivity contribution in [2.45, 2.75) is 109 Å². The molecule has 3 amide bonds. The van der Waals surface area contributed by atoms with Gasteiger partial charge in [-0.25, -0.2) is 19.6 Å². The van der Waals surface area contributed by atoms with Crippen molar-refractivity contribution in [1.29, 1.82) is 0 Å². The van der Waals surface area contributed by atoms with E-state index in [2.05, 4.69) is 16.0 Å². The number of carboxylic acids is 1. The van der Waals surface area contributed by atoms with Gasteiger partial charge in [0.1, 0.15) is 40.9 Å². The van der Waals surface area contributed by atoms with E-state index in [9.17, 15) is 29.1 Å². The summed E-state index contributed by atoms with van der Waals surface area (Å²) in [6, 6.07) is 12.1. The third kappa shape index (κ3) is 10.7. The summed E-state index contributed by atoms with van der Waals surface area (Å²) in [5.74, 6) is -2.49. The Labute approximate surface area is 383 Å². The number of aliphatic carboxylic acids is 1. The first-order valence-corrected chi connectivity index (χ1v) is 23.1. The Bertz CT molecular complexity index is 2440. The fourth-order valence-electron chi connectivity index (χ4n) is 8.44.